The van der Waals surface area contributed by atoms with Crippen LogP contribution in [0.25, 0.3) is 0 Å². The molecule has 26 heavy (non-hydrogen) atoms. The fourth-order valence-corrected chi connectivity index (χ4v) is 3.16. The summed E-state index contributed by atoms with van der Waals surface area (Å²) in [6, 6.07) is 4.91. The Balaban J connectivity index is 1.88. The number of piperidine rings is 1. The van der Waals surface area contributed by atoms with E-state index in [1.807, 2.05) is 6.92 Å². The molecule has 0 atom stereocenters. The van der Waals surface area contributed by atoms with E-state index in [2.05, 4.69) is 15.6 Å². The molecular weight excluding hydrogens is 359 g/mol. The van der Waals surface area contributed by atoms with Crippen LogP contribution in [0.5, 0.6) is 0 Å². The van der Waals surface area contributed by atoms with Gasteiger partial charge in [-0.1, -0.05) is 17.7 Å². The maximum Gasteiger partial charge on any atom is 0.409 e. The molecule has 1 aromatic rings. The molecule has 1 amide bonds. The van der Waals surface area contributed by atoms with Gasteiger partial charge in [0.1, 0.15) is 5.82 Å². The molecule has 6 nitrogen and oxygen atoms in total. The molecule has 0 aromatic heterocycles. The van der Waals surface area contributed by atoms with Gasteiger partial charge in [0.15, 0.2) is 5.96 Å². The summed E-state index contributed by atoms with van der Waals surface area (Å²) >= 11 is 6.05. The number of hydrogen-bond acceptors (Lipinski definition) is 3. The van der Waals surface area contributed by atoms with Gasteiger partial charge >= 0.3 is 6.09 Å². The summed E-state index contributed by atoms with van der Waals surface area (Å²) < 4.78 is 18.6. The molecule has 1 aliphatic rings. The number of hydrogen-bond donors (Lipinski definition) is 2. The number of halogens is 2. The van der Waals surface area contributed by atoms with Crippen LogP contribution in [0.2, 0.25) is 5.02 Å². The minimum Gasteiger partial charge on any atom is -0.453 e. The van der Waals surface area contributed by atoms with Crippen LogP contribution in [0.3, 0.4) is 0 Å². The topological polar surface area (TPSA) is 66.0 Å². The van der Waals surface area contributed by atoms with Gasteiger partial charge in [-0.25, -0.2) is 9.18 Å². The Hall–Kier alpha value is -2.02. The van der Waals surface area contributed by atoms with E-state index in [1.165, 1.54) is 13.2 Å². The fraction of sp³-hybridized carbons (Fsp3) is 0.556. The van der Waals surface area contributed by atoms with Crippen LogP contribution in [-0.4, -0.2) is 56.3 Å². The van der Waals surface area contributed by atoms with Crippen LogP contribution in [0.4, 0.5) is 9.18 Å². The van der Waals surface area contributed by atoms with Crippen molar-refractivity contribution in [1.82, 2.24) is 15.5 Å². The summed E-state index contributed by atoms with van der Waals surface area (Å²) in [5.74, 6) is 0.386. The number of carbonyl (C=O) groups is 1. The van der Waals surface area contributed by atoms with Crippen molar-refractivity contribution in [2.24, 2.45) is 4.99 Å². The maximum absolute atomic E-state index is 13.8. The monoisotopic (exact) mass is 384 g/mol. The largest absolute Gasteiger partial charge is 0.453 e. The molecule has 1 heterocycles. The number of amides is 1. The lowest BCUT2D eigenvalue weighted by Gasteiger charge is -2.32. The summed E-state index contributed by atoms with van der Waals surface area (Å²) in [5, 5.41) is 7.01. The number of aliphatic imine (C=N–C) groups is 1. The third-order valence-corrected chi connectivity index (χ3v) is 4.66. The van der Waals surface area contributed by atoms with Crippen LogP contribution >= 0.6 is 11.6 Å². The Morgan fingerprint density at radius 1 is 1.42 bits per heavy atom. The lowest BCUT2D eigenvalue weighted by Crippen LogP contribution is -2.49. The number of carbonyl (C=O) groups excluding carboxylic acids is 1. The first-order chi connectivity index (χ1) is 12.5. The van der Waals surface area contributed by atoms with E-state index in [9.17, 15) is 9.18 Å². The molecule has 0 aliphatic carbocycles. The second-order valence-corrected chi connectivity index (χ2v) is 6.49. The molecule has 0 bridgehead atoms. The molecule has 1 fully saturated rings. The van der Waals surface area contributed by atoms with Crippen molar-refractivity contribution in [1.29, 1.82) is 0 Å². The van der Waals surface area contributed by atoms with Gasteiger partial charge in [-0.05, 0) is 38.3 Å². The van der Waals surface area contributed by atoms with Crippen molar-refractivity contribution in [3.05, 3.63) is 34.6 Å². The molecule has 8 heteroatoms. The SMILES string of the molecule is CCNC(=NCCc1c(F)cccc1Cl)NC1CCN(C(=O)OC)CC1. The highest BCUT2D eigenvalue weighted by Gasteiger charge is 2.23. The number of nitrogens with one attached hydrogen (secondary N) is 2. The van der Waals surface area contributed by atoms with Crippen molar-refractivity contribution in [3.63, 3.8) is 0 Å². The zero-order valence-corrected chi connectivity index (χ0v) is 16.0. The number of likely N-dealkylation sites (tertiary alicyclic amines) is 1. The van der Waals surface area contributed by atoms with Gasteiger partial charge in [0.25, 0.3) is 0 Å². The summed E-state index contributed by atoms with van der Waals surface area (Å²) in [6.45, 7) is 4.44. The lowest BCUT2D eigenvalue weighted by atomic mass is 10.1. The second kappa shape index (κ2) is 10.2. The minimum atomic E-state index is -0.305. The third-order valence-electron chi connectivity index (χ3n) is 4.31. The smallest absolute Gasteiger partial charge is 0.409 e. The van der Waals surface area contributed by atoms with Gasteiger partial charge in [0, 0.05) is 42.8 Å². The fourth-order valence-electron chi connectivity index (χ4n) is 2.90. The van der Waals surface area contributed by atoms with E-state index >= 15 is 0 Å². The molecule has 0 unspecified atom stereocenters. The molecule has 1 aliphatic heterocycles. The maximum atomic E-state index is 13.8. The number of benzene rings is 1. The normalized spacial score (nSPS) is 15.7. The predicted molar refractivity (Wildman–Crippen MR) is 101 cm³/mol. The average molecular weight is 385 g/mol. The number of nitrogens with zero attached hydrogens (tertiary/aromatic N) is 2. The Bertz CT molecular complexity index is 613. The number of methoxy groups -OCH3 is 1. The number of ether oxygens (including phenoxy) is 1. The van der Waals surface area contributed by atoms with Crippen LogP contribution in [0.1, 0.15) is 25.3 Å². The minimum absolute atomic E-state index is 0.228. The molecule has 1 saturated heterocycles. The standard InChI is InChI=1S/C18H26ClFN4O2/c1-3-21-17(22-10-7-14-15(19)5-4-6-16(14)20)23-13-8-11-24(12-9-13)18(25)26-2/h4-6,13H,3,7-12H2,1-2H3,(H2,21,22,23). The molecule has 2 N–H and O–H groups in total. The van der Waals surface area contributed by atoms with Gasteiger partial charge in [-0.2, -0.15) is 0 Å². The number of rotatable bonds is 5. The molecule has 144 valence electrons. The molecule has 2 rings (SSSR count). The van der Waals surface area contributed by atoms with Gasteiger partial charge < -0.3 is 20.3 Å². The zero-order valence-electron chi connectivity index (χ0n) is 15.2. The van der Waals surface area contributed by atoms with Crippen LogP contribution < -0.4 is 10.6 Å². The highest BCUT2D eigenvalue weighted by Crippen LogP contribution is 2.19. The first-order valence-corrected chi connectivity index (χ1v) is 9.23. The molecule has 0 spiro atoms. The molecule has 1 aromatic carbocycles. The second-order valence-electron chi connectivity index (χ2n) is 6.09. The Kier molecular flexibility index (Phi) is 7.97. The highest BCUT2D eigenvalue weighted by molar-refractivity contribution is 6.31. The van der Waals surface area contributed by atoms with E-state index < -0.39 is 0 Å². The van der Waals surface area contributed by atoms with Gasteiger partial charge in [-0.3, -0.25) is 4.99 Å². The Morgan fingerprint density at radius 2 is 2.15 bits per heavy atom. The molecular formula is C18H26ClFN4O2. The highest BCUT2D eigenvalue weighted by atomic mass is 35.5. The van der Waals surface area contributed by atoms with E-state index in [0.717, 1.165) is 19.4 Å². The van der Waals surface area contributed by atoms with Gasteiger partial charge in [0.05, 0.1) is 7.11 Å². The average Bonchev–Trinajstić information content (AvgIpc) is 2.64. The van der Waals surface area contributed by atoms with Crippen LogP contribution in [0.15, 0.2) is 23.2 Å². The van der Waals surface area contributed by atoms with Crippen LogP contribution in [0, 0.1) is 5.82 Å². The Morgan fingerprint density at radius 3 is 2.77 bits per heavy atom. The predicted octanol–water partition coefficient (Wildman–Crippen LogP) is 2.81. The first kappa shape index (κ1) is 20.3. The number of guanidine groups is 1. The van der Waals surface area contributed by atoms with Crippen molar-refractivity contribution in [2.45, 2.75) is 32.2 Å². The van der Waals surface area contributed by atoms with Crippen molar-refractivity contribution in [2.75, 3.05) is 33.3 Å². The van der Waals surface area contributed by atoms with Crippen molar-refractivity contribution < 1.29 is 13.9 Å². The molecule has 0 radical (unpaired) electrons. The summed E-state index contributed by atoms with van der Waals surface area (Å²) in [4.78, 5) is 17.8. The van der Waals surface area contributed by atoms with E-state index in [-0.39, 0.29) is 18.0 Å². The van der Waals surface area contributed by atoms with Gasteiger partial charge in [0.2, 0.25) is 0 Å². The molecule has 0 saturated carbocycles. The summed E-state index contributed by atoms with van der Waals surface area (Å²) in [7, 11) is 1.39. The van der Waals surface area contributed by atoms with E-state index in [4.69, 9.17) is 16.3 Å². The van der Waals surface area contributed by atoms with E-state index in [0.29, 0.717) is 42.6 Å². The Labute approximate surface area is 158 Å². The third kappa shape index (κ3) is 5.76. The zero-order chi connectivity index (χ0) is 18.9. The summed E-state index contributed by atoms with van der Waals surface area (Å²) in [5.41, 5.74) is 0.486. The van der Waals surface area contributed by atoms with Crippen molar-refractivity contribution in [3.8, 4) is 0 Å². The van der Waals surface area contributed by atoms with E-state index in [1.54, 1.807) is 17.0 Å². The lowest BCUT2D eigenvalue weighted by molar-refractivity contribution is 0.111. The summed E-state index contributed by atoms with van der Waals surface area (Å²) in [6.07, 6.45) is 1.78. The van der Waals surface area contributed by atoms with Gasteiger partial charge in [-0.15, -0.1) is 0 Å². The van der Waals surface area contributed by atoms with Crippen molar-refractivity contribution >= 4 is 23.7 Å². The van der Waals surface area contributed by atoms with Crippen LogP contribution in [-0.2, 0) is 11.2 Å². The quantitative estimate of drug-likeness (QED) is 0.605. The first-order valence-electron chi connectivity index (χ1n) is 8.85.